The quantitative estimate of drug-likeness (QED) is 0.232. The van der Waals surface area contributed by atoms with Crippen LogP contribution in [0.3, 0.4) is 0 Å². The highest BCUT2D eigenvalue weighted by molar-refractivity contribution is 5.71. The molecule has 36 heavy (non-hydrogen) atoms. The van der Waals surface area contributed by atoms with E-state index in [1.165, 1.54) is 45.3 Å². The topological polar surface area (TPSA) is 39.5 Å². The van der Waals surface area contributed by atoms with Gasteiger partial charge in [0.1, 0.15) is 11.5 Å². The minimum atomic E-state index is 0.742. The van der Waals surface area contributed by atoms with Crippen LogP contribution in [0.2, 0.25) is 0 Å². The van der Waals surface area contributed by atoms with Crippen LogP contribution in [0.4, 0.5) is 0 Å². The summed E-state index contributed by atoms with van der Waals surface area (Å²) in [5, 5.41) is 4.97. The lowest BCUT2D eigenvalue weighted by Crippen LogP contribution is -2.30. The summed E-state index contributed by atoms with van der Waals surface area (Å²) in [7, 11) is 1.68. The average Bonchev–Trinajstić information content (AvgIpc) is 3.40. The van der Waals surface area contributed by atoms with E-state index in [2.05, 4.69) is 41.3 Å². The van der Waals surface area contributed by atoms with Gasteiger partial charge >= 0.3 is 0 Å². The lowest BCUT2D eigenvalue weighted by atomic mass is 10.1. The van der Waals surface area contributed by atoms with E-state index >= 15 is 0 Å². The molecule has 0 N–H and O–H groups in total. The maximum absolute atomic E-state index is 6.16. The van der Waals surface area contributed by atoms with E-state index in [0.29, 0.717) is 0 Å². The number of unbranched alkanes of at least 4 members (excludes halogenated alkanes) is 1. The molecule has 5 heteroatoms. The first-order valence-electron chi connectivity index (χ1n) is 13.1. The predicted octanol–water partition coefficient (Wildman–Crippen LogP) is 6.86. The van der Waals surface area contributed by atoms with Gasteiger partial charge in [0.15, 0.2) is 0 Å². The van der Waals surface area contributed by atoms with Gasteiger partial charge in [0.2, 0.25) is 0 Å². The molecule has 186 valence electrons. The zero-order chi connectivity index (χ0) is 24.6. The Morgan fingerprint density at radius 2 is 1.56 bits per heavy atom. The van der Waals surface area contributed by atoms with Crippen molar-refractivity contribution in [3.8, 4) is 39.7 Å². The minimum absolute atomic E-state index is 0.742. The summed E-state index contributed by atoms with van der Waals surface area (Å²) >= 11 is 0. The number of ether oxygens (including phenoxy) is 2. The van der Waals surface area contributed by atoms with E-state index in [-0.39, 0.29) is 0 Å². The highest BCUT2D eigenvalue weighted by atomic mass is 16.5. The lowest BCUT2D eigenvalue weighted by Gasteiger charge is -2.26. The number of hydrogen-bond acceptors (Lipinski definition) is 4. The molecule has 4 aromatic rings. The summed E-state index contributed by atoms with van der Waals surface area (Å²) in [6.45, 7) is 4.45. The molecule has 1 aliphatic heterocycles. The smallest absolute Gasteiger partial charge is 0.119 e. The van der Waals surface area contributed by atoms with Crippen LogP contribution >= 0.6 is 0 Å². The molecule has 0 bridgehead atoms. The molecule has 1 aromatic heterocycles. The van der Waals surface area contributed by atoms with Crippen LogP contribution in [0.1, 0.15) is 32.1 Å². The zero-order valence-electron chi connectivity index (χ0n) is 21.1. The summed E-state index contributed by atoms with van der Waals surface area (Å²) in [6.07, 6.45) is 6.35. The fourth-order valence-electron chi connectivity index (χ4n) is 4.81. The van der Waals surface area contributed by atoms with Gasteiger partial charge in [-0.3, -0.25) is 0 Å². The number of piperidine rings is 1. The van der Waals surface area contributed by atoms with Gasteiger partial charge in [-0.2, -0.15) is 5.10 Å². The van der Waals surface area contributed by atoms with Crippen LogP contribution in [0.15, 0.2) is 84.9 Å². The van der Waals surface area contributed by atoms with Crippen molar-refractivity contribution in [2.24, 2.45) is 0 Å². The molecule has 1 aliphatic rings. The Morgan fingerprint density at radius 3 is 2.33 bits per heavy atom. The van der Waals surface area contributed by atoms with Crippen molar-refractivity contribution >= 4 is 0 Å². The summed E-state index contributed by atoms with van der Waals surface area (Å²) in [4.78, 5) is 2.59. The molecule has 0 radical (unpaired) electrons. The Morgan fingerprint density at radius 1 is 0.750 bits per heavy atom. The number of likely N-dealkylation sites (tertiary alicyclic amines) is 1. The van der Waals surface area contributed by atoms with Gasteiger partial charge in [-0.1, -0.05) is 36.8 Å². The number of aromatic nitrogens is 2. The Labute approximate surface area is 214 Å². The third kappa shape index (κ3) is 5.97. The molecule has 0 atom stereocenters. The predicted molar refractivity (Wildman–Crippen MR) is 146 cm³/mol. The largest absolute Gasteiger partial charge is 0.497 e. The molecular weight excluding hydrogens is 446 g/mol. The van der Waals surface area contributed by atoms with Crippen LogP contribution in [0, 0.1) is 0 Å². The van der Waals surface area contributed by atoms with Gasteiger partial charge in [0.05, 0.1) is 30.8 Å². The average molecular weight is 482 g/mol. The van der Waals surface area contributed by atoms with Crippen LogP contribution in [-0.2, 0) is 0 Å². The molecule has 5 rings (SSSR count). The molecule has 5 nitrogen and oxygen atoms in total. The molecule has 0 spiro atoms. The van der Waals surface area contributed by atoms with Crippen molar-refractivity contribution in [2.45, 2.75) is 32.1 Å². The Bertz CT molecular complexity index is 1230. The maximum atomic E-state index is 6.16. The van der Waals surface area contributed by atoms with E-state index in [9.17, 15) is 0 Å². The molecule has 2 heterocycles. The van der Waals surface area contributed by atoms with Crippen LogP contribution < -0.4 is 9.47 Å². The third-order valence-electron chi connectivity index (χ3n) is 6.81. The van der Waals surface area contributed by atoms with Crippen molar-refractivity contribution < 1.29 is 9.47 Å². The lowest BCUT2D eigenvalue weighted by molar-refractivity contribution is 0.216. The molecular formula is C31H35N3O2. The maximum Gasteiger partial charge on any atom is 0.119 e. The molecule has 0 aliphatic carbocycles. The van der Waals surface area contributed by atoms with Gasteiger partial charge < -0.3 is 14.4 Å². The summed E-state index contributed by atoms with van der Waals surface area (Å²) in [5.74, 6) is 1.74. The zero-order valence-corrected chi connectivity index (χ0v) is 21.1. The Kier molecular flexibility index (Phi) is 7.99. The monoisotopic (exact) mass is 481 g/mol. The van der Waals surface area contributed by atoms with Crippen LogP contribution in [-0.4, -0.2) is 48.0 Å². The molecule has 0 unspecified atom stereocenters. The highest BCUT2D eigenvalue weighted by Crippen LogP contribution is 2.31. The fraction of sp³-hybridized carbons (Fsp3) is 0.323. The van der Waals surface area contributed by atoms with Gasteiger partial charge in [0, 0.05) is 11.1 Å². The van der Waals surface area contributed by atoms with Crippen LogP contribution in [0.25, 0.3) is 28.2 Å². The SMILES string of the molecule is COc1ccc(-c2cc(-c3cccc(OCCCCN4CCCCC4)c3)n(-c3ccccc3)n2)cc1. The number of methoxy groups -OCH3 is 1. The second-order valence-corrected chi connectivity index (χ2v) is 9.38. The number of benzene rings is 3. The van der Waals surface area contributed by atoms with Gasteiger partial charge in [-0.15, -0.1) is 0 Å². The van der Waals surface area contributed by atoms with Gasteiger partial charge in [-0.25, -0.2) is 4.68 Å². The minimum Gasteiger partial charge on any atom is -0.497 e. The number of nitrogens with zero attached hydrogens (tertiary/aromatic N) is 3. The molecule has 1 fully saturated rings. The second kappa shape index (κ2) is 11.9. The van der Waals surface area contributed by atoms with Crippen molar-refractivity contribution in [1.82, 2.24) is 14.7 Å². The summed E-state index contributed by atoms with van der Waals surface area (Å²) in [5.41, 5.74) is 5.10. The summed E-state index contributed by atoms with van der Waals surface area (Å²) < 4.78 is 13.5. The van der Waals surface area contributed by atoms with Gasteiger partial charge in [-0.05, 0) is 99.9 Å². The first-order valence-corrected chi connectivity index (χ1v) is 13.1. The van der Waals surface area contributed by atoms with E-state index in [4.69, 9.17) is 14.6 Å². The highest BCUT2D eigenvalue weighted by Gasteiger charge is 2.14. The van der Waals surface area contributed by atoms with Crippen molar-refractivity contribution in [2.75, 3.05) is 33.4 Å². The Hall–Kier alpha value is -3.57. The van der Waals surface area contributed by atoms with E-state index in [1.54, 1.807) is 7.11 Å². The van der Waals surface area contributed by atoms with E-state index < -0.39 is 0 Å². The summed E-state index contributed by atoms with van der Waals surface area (Å²) in [6, 6.07) is 28.8. The third-order valence-corrected chi connectivity index (χ3v) is 6.81. The normalized spacial score (nSPS) is 14.0. The molecule has 1 saturated heterocycles. The van der Waals surface area contributed by atoms with E-state index in [0.717, 1.165) is 52.7 Å². The first-order chi connectivity index (χ1) is 17.8. The molecule has 0 amide bonds. The number of hydrogen-bond donors (Lipinski definition) is 0. The van der Waals surface area contributed by atoms with Crippen molar-refractivity contribution in [3.63, 3.8) is 0 Å². The standard InChI is InChI=1S/C31H35N3O2/c1-35-28-17-15-25(16-18-28)30-24-31(34(32-30)27-12-4-2-5-13-27)26-11-10-14-29(23-26)36-22-9-8-21-33-19-6-3-7-20-33/h2,4-5,10-18,23-24H,3,6-9,19-22H2,1H3. The molecule has 0 saturated carbocycles. The van der Waals surface area contributed by atoms with Crippen LogP contribution in [0.5, 0.6) is 11.5 Å². The van der Waals surface area contributed by atoms with Crippen molar-refractivity contribution in [1.29, 1.82) is 0 Å². The van der Waals surface area contributed by atoms with Gasteiger partial charge in [0.25, 0.3) is 0 Å². The molecule has 3 aromatic carbocycles. The first kappa shape index (κ1) is 24.1. The Balaban J connectivity index is 1.32. The number of rotatable bonds is 10. The number of para-hydroxylation sites is 1. The van der Waals surface area contributed by atoms with E-state index in [1.807, 2.05) is 53.2 Å². The fourth-order valence-corrected chi connectivity index (χ4v) is 4.81. The van der Waals surface area contributed by atoms with Crippen molar-refractivity contribution in [3.05, 3.63) is 84.9 Å². The second-order valence-electron chi connectivity index (χ2n) is 9.38.